The van der Waals surface area contributed by atoms with Crippen molar-refractivity contribution in [3.05, 3.63) is 23.8 Å². The first kappa shape index (κ1) is 17.4. The van der Waals surface area contributed by atoms with Gasteiger partial charge in [0.05, 0.1) is 5.69 Å². The molecular weight excluding hydrogens is 336 g/mol. The molecule has 3 rings (SSSR count). The minimum atomic E-state index is -1.03. The van der Waals surface area contributed by atoms with Gasteiger partial charge in [0, 0.05) is 44.4 Å². The third-order valence-corrected chi connectivity index (χ3v) is 4.48. The highest BCUT2D eigenvalue weighted by molar-refractivity contribution is 5.97. The molecule has 1 fully saturated rings. The van der Waals surface area contributed by atoms with Gasteiger partial charge in [0.15, 0.2) is 18.2 Å². The van der Waals surface area contributed by atoms with Crippen LogP contribution in [0.1, 0.15) is 12.8 Å². The summed E-state index contributed by atoms with van der Waals surface area (Å²) in [6.45, 7) is 1.92. The fourth-order valence-electron chi connectivity index (χ4n) is 3.20. The molecule has 0 aromatic heterocycles. The van der Waals surface area contributed by atoms with Crippen molar-refractivity contribution < 1.29 is 28.2 Å². The van der Waals surface area contributed by atoms with E-state index in [2.05, 4.69) is 10.2 Å². The van der Waals surface area contributed by atoms with Crippen LogP contribution >= 0.6 is 0 Å². The first-order chi connectivity index (χ1) is 11.9. The van der Waals surface area contributed by atoms with E-state index < -0.39 is 17.7 Å². The summed E-state index contributed by atoms with van der Waals surface area (Å²) in [5, 5.41) is 11.2. The van der Waals surface area contributed by atoms with Crippen molar-refractivity contribution in [1.82, 2.24) is 10.2 Å². The highest BCUT2D eigenvalue weighted by atomic mass is 19.1. The van der Waals surface area contributed by atoms with Crippen LogP contribution in [0.2, 0.25) is 0 Å². The Hall–Kier alpha value is -2.42. The topological polar surface area (TPSA) is 82.1 Å². The van der Waals surface area contributed by atoms with Gasteiger partial charge in [-0.2, -0.15) is 0 Å². The van der Waals surface area contributed by atoms with Gasteiger partial charge in [-0.25, -0.2) is 13.6 Å². The van der Waals surface area contributed by atoms with Crippen molar-refractivity contribution in [3.63, 3.8) is 0 Å². The molecule has 0 spiro atoms. The van der Waals surface area contributed by atoms with Crippen LogP contribution in [-0.4, -0.2) is 60.8 Å². The molecule has 2 heterocycles. The molecule has 0 bridgehead atoms. The van der Waals surface area contributed by atoms with Crippen LogP contribution in [0.25, 0.3) is 0 Å². The van der Waals surface area contributed by atoms with Gasteiger partial charge < -0.3 is 25.0 Å². The van der Waals surface area contributed by atoms with E-state index in [4.69, 9.17) is 9.84 Å². The third-order valence-electron chi connectivity index (χ3n) is 4.48. The van der Waals surface area contributed by atoms with Gasteiger partial charge in [-0.05, 0) is 12.8 Å². The zero-order valence-electron chi connectivity index (χ0n) is 13.5. The van der Waals surface area contributed by atoms with Gasteiger partial charge in [-0.3, -0.25) is 4.79 Å². The largest absolute Gasteiger partial charge is 0.478 e. The molecule has 1 aromatic carbocycles. The van der Waals surface area contributed by atoms with Crippen LogP contribution in [0.15, 0.2) is 12.1 Å². The summed E-state index contributed by atoms with van der Waals surface area (Å²) in [6, 6.07) is 1.76. The number of piperidine rings is 1. The van der Waals surface area contributed by atoms with Crippen molar-refractivity contribution in [1.29, 1.82) is 0 Å². The second kappa shape index (κ2) is 7.22. The molecular formula is C16H19F2N3O4. The Morgan fingerprint density at radius 1 is 1.28 bits per heavy atom. The monoisotopic (exact) mass is 355 g/mol. The van der Waals surface area contributed by atoms with Crippen molar-refractivity contribution in [3.8, 4) is 5.75 Å². The van der Waals surface area contributed by atoms with E-state index in [0.29, 0.717) is 32.5 Å². The smallest absolute Gasteiger partial charge is 0.404 e. The summed E-state index contributed by atoms with van der Waals surface area (Å²) in [7, 11) is 0. The van der Waals surface area contributed by atoms with E-state index in [0.717, 1.165) is 12.1 Å². The first-order valence-electron chi connectivity index (χ1n) is 8.08. The van der Waals surface area contributed by atoms with E-state index in [1.165, 1.54) is 4.90 Å². The lowest BCUT2D eigenvalue weighted by atomic mass is 10.1. The molecule has 0 radical (unpaired) electrons. The maximum absolute atomic E-state index is 13.8. The summed E-state index contributed by atoms with van der Waals surface area (Å²) in [5.41, 5.74) is 0.108. The zero-order chi connectivity index (χ0) is 18.0. The van der Waals surface area contributed by atoms with Crippen LogP contribution < -0.4 is 15.0 Å². The molecule has 136 valence electrons. The standard InChI is InChI=1S/C16H19F2N3O4/c17-10-7-12(18)15-13(8-10)21(14(22)9-25-15)6-5-20-3-1-11(2-4-20)19-16(23)24/h7-8,11,19H,1-6,9H2,(H,23,24). The van der Waals surface area contributed by atoms with Crippen molar-refractivity contribution in [2.75, 3.05) is 37.7 Å². The lowest BCUT2D eigenvalue weighted by Crippen LogP contribution is -2.48. The van der Waals surface area contributed by atoms with E-state index in [1.807, 2.05) is 0 Å². The molecule has 1 aromatic rings. The molecule has 0 unspecified atom stereocenters. The highest BCUT2D eigenvalue weighted by Gasteiger charge is 2.29. The Labute approximate surface area is 143 Å². The number of likely N-dealkylation sites (tertiary alicyclic amines) is 1. The summed E-state index contributed by atoms with van der Waals surface area (Å²) in [5.74, 6) is -2.04. The zero-order valence-corrected chi connectivity index (χ0v) is 13.5. The molecule has 1 saturated heterocycles. The van der Waals surface area contributed by atoms with Gasteiger partial charge in [-0.15, -0.1) is 0 Å². The quantitative estimate of drug-likeness (QED) is 0.854. The maximum atomic E-state index is 13.8. The van der Waals surface area contributed by atoms with E-state index in [-0.39, 0.29) is 36.5 Å². The first-order valence-corrected chi connectivity index (χ1v) is 8.08. The highest BCUT2D eigenvalue weighted by Crippen LogP contribution is 2.35. The molecule has 0 atom stereocenters. The number of hydrogen-bond acceptors (Lipinski definition) is 4. The summed E-state index contributed by atoms with van der Waals surface area (Å²) < 4.78 is 32.4. The van der Waals surface area contributed by atoms with Crippen LogP contribution in [-0.2, 0) is 4.79 Å². The Morgan fingerprint density at radius 3 is 2.68 bits per heavy atom. The normalized spacial score (nSPS) is 18.6. The lowest BCUT2D eigenvalue weighted by molar-refractivity contribution is -0.121. The number of nitrogens with zero attached hydrogens (tertiary/aromatic N) is 2. The number of carboxylic acid groups (broad SMARTS) is 1. The number of carbonyl (C=O) groups excluding carboxylic acids is 1. The number of rotatable bonds is 4. The summed E-state index contributed by atoms with van der Waals surface area (Å²) in [6.07, 6.45) is 0.338. The van der Waals surface area contributed by atoms with Gasteiger partial charge in [0.25, 0.3) is 5.91 Å². The average Bonchev–Trinajstić information content (AvgIpc) is 2.54. The van der Waals surface area contributed by atoms with Gasteiger partial charge >= 0.3 is 6.09 Å². The third kappa shape index (κ3) is 3.98. The molecule has 25 heavy (non-hydrogen) atoms. The van der Waals surface area contributed by atoms with Crippen molar-refractivity contribution in [2.24, 2.45) is 0 Å². The van der Waals surface area contributed by atoms with E-state index in [9.17, 15) is 18.4 Å². The SMILES string of the molecule is O=C(O)NC1CCN(CCN2C(=O)COc3c(F)cc(F)cc32)CC1. The van der Waals surface area contributed by atoms with Crippen LogP contribution in [0.4, 0.5) is 19.3 Å². The number of nitrogens with one attached hydrogen (secondary N) is 1. The lowest BCUT2D eigenvalue weighted by Gasteiger charge is -2.35. The molecule has 0 saturated carbocycles. The van der Waals surface area contributed by atoms with E-state index >= 15 is 0 Å². The Bertz CT molecular complexity index is 678. The molecule has 2 aliphatic heterocycles. The minimum absolute atomic E-state index is 0.0670. The van der Waals surface area contributed by atoms with Gasteiger partial charge in [0.2, 0.25) is 0 Å². The second-order valence-electron chi connectivity index (χ2n) is 6.14. The number of anilines is 1. The fourth-order valence-corrected chi connectivity index (χ4v) is 3.20. The van der Waals surface area contributed by atoms with Crippen molar-refractivity contribution in [2.45, 2.75) is 18.9 Å². The molecule has 9 heteroatoms. The number of benzene rings is 1. The molecule has 7 nitrogen and oxygen atoms in total. The average molecular weight is 355 g/mol. The van der Waals surface area contributed by atoms with Crippen molar-refractivity contribution >= 4 is 17.7 Å². The number of ether oxygens (including phenoxy) is 1. The number of fused-ring (bicyclic) bond motifs is 1. The Morgan fingerprint density at radius 2 is 2.00 bits per heavy atom. The van der Waals surface area contributed by atoms with Crippen LogP contribution in [0.5, 0.6) is 5.75 Å². The molecule has 2 amide bonds. The molecule has 2 N–H and O–H groups in total. The predicted octanol–water partition coefficient (Wildman–Crippen LogP) is 1.42. The number of hydrogen-bond donors (Lipinski definition) is 2. The second-order valence-corrected chi connectivity index (χ2v) is 6.14. The number of halogens is 2. The number of carbonyl (C=O) groups is 2. The summed E-state index contributed by atoms with van der Waals surface area (Å²) >= 11 is 0. The summed E-state index contributed by atoms with van der Waals surface area (Å²) in [4.78, 5) is 26.2. The maximum Gasteiger partial charge on any atom is 0.404 e. The van der Waals surface area contributed by atoms with Gasteiger partial charge in [0.1, 0.15) is 5.82 Å². The van der Waals surface area contributed by atoms with E-state index in [1.54, 1.807) is 0 Å². The number of amides is 2. The minimum Gasteiger partial charge on any atom is -0.478 e. The van der Waals surface area contributed by atoms with Crippen LogP contribution in [0.3, 0.4) is 0 Å². The van der Waals surface area contributed by atoms with Crippen LogP contribution in [0, 0.1) is 11.6 Å². The Kier molecular flexibility index (Phi) is 5.03. The molecule has 0 aliphatic carbocycles. The predicted molar refractivity (Wildman–Crippen MR) is 84.8 cm³/mol. The molecule has 2 aliphatic rings. The van der Waals surface area contributed by atoms with Gasteiger partial charge in [-0.1, -0.05) is 0 Å². The fraction of sp³-hybridized carbons (Fsp3) is 0.500. The Balaban J connectivity index is 1.61.